The first-order chi connectivity index (χ1) is 10.2. The van der Waals surface area contributed by atoms with E-state index in [1.165, 1.54) is 0 Å². The summed E-state index contributed by atoms with van der Waals surface area (Å²) in [6.07, 6.45) is 9.11. The Balaban J connectivity index is 1.84. The maximum Gasteiger partial charge on any atom is 0.303 e. The Morgan fingerprint density at radius 2 is 2.24 bits per heavy atom. The molecule has 0 spiro atoms. The van der Waals surface area contributed by atoms with E-state index in [0.29, 0.717) is 13.0 Å². The van der Waals surface area contributed by atoms with E-state index in [9.17, 15) is 9.90 Å². The van der Waals surface area contributed by atoms with Crippen molar-refractivity contribution in [1.29, 1.82) is 0 Å². The molecule has 2 N–H and O–H groups in total. The van der Waals surface area contributed by atoms with E-state index in [4.69, 9.17) is 9.84 Å². The number of hydrogen-bond acceptors (Lipinski definition) is 4. The molecule has 0 bridgehead atoms. The predicted molar refractivity (Wildman–Crippen MR) is 77.7 cm³/mol. The van der Waals surface area contributed by atoms with Crippen molar-refractivity contribution in [2.45, 2.75) is 37.9 Å². The fourth-order valence-electron chi connectivity index (χ4n) is 2.61. The average Bonchev–Trinajstić information content (AvgIpc) is 2.84. The molecule has 3 unspecified atom stereocenters. The summed E-state index contributed by atoms with van der Waals surface area (Å²) in [7, 11) is 0. The SMILES string of the molecule is O=C(O)CC/C=C\CCC1C(O)COC1c1cccnc1. The zero-order valence-corrected chi connectivity index (χ0v) is 11.9. The topological polar surface area (TPSA) is 79.7 Å². The van der Waals surface area contributed by atoms with Crippen LogP contribution < -0.4 is 0 Å². The second-order valence-corrected chi connectivity index (χ2v) is 5.25. The van der Waals surface area contributed by atoms with Gasteiger partial charge in [-0.15, -0.1) is 0 Å². The number of carbonyl (C=O) groups is 1. The van der Waals surface area contributed by atoms with Crippen LogP contribution in [-0.4, -0.2) is 33.9 Å². The van der Waals surface area contributed by atoms with Gasteiger partial charge in [0.05, 0.1) is 18.8 Å². The quantitative estimate of drug-likeness (QED) is 0.754. The molecule has 1 aliphatic rings. The van der Waals surface area contributed by atoms with Crippen LogP contribution in [0.3, 0.4) is 0 Å². The number of hydrogen-bond donors (Lipinski definition) is 2. The van der Waals surface area contributed by atoms with Crippen molar-refractivity contribution >= 4 is 5.97 Å². The van der Waals surface area contributed by atoms with Crippen molar-refractivity contribution in [1.82, 2.24) is 4.98 Å². The van der Waals surface area contributed by atoms with E-state index in [1.54, 1.807) is 12.4 Å². The van der Waals surface area contributed by atoms with Gasteiger partial charge in [0, 0.05) is 24.7 Å². The van der Waals surface area contributed by atoms with Crippen LogP contribution in [0.1, 0.15) is 37.4 Å². The number of pyridine rings is 1. The van der Waals surface area contributed by atoms with Gasteiger partial charge in [-0.3, -0.25) is 9.78 Å². The number of carboxylic acid groups (broad SMARTS) is 1. The molecular formula is C16H21NO4. The van der Waals surface area contributed by atoms with Crippen molar-refractivity contribution < 1.29 is 19.7 Å². The summed E-state index contributed by atoms with van der Waals surface area (Å²) in [5.74, 6) is -0.728. The second-order valence-electron chi connectivity index (χ2n) is 5.25. The summed E-state index contributed by atoms with van der Waals surface area (Å²) in [5.41, 5.74) is 0.994. The largest absolute Gasteiger partial charge is 0.481 e. The molecule has 0 saturated carbocycles. The van der Waals surface area contributed by atoms with Gasteiger partial charge >= 0.3 is 5.97 Å². The van der Waals surface area contributed by atoms with E-state index in [0.717, 1.165) is 18.4 Å². The minimum Gasteiger partial charge on any atom is -0.481 e. The molecule has 0 amide bonds. The monoisotopic (exact) mass is 291 g/mol. The van der Waals surface area contributed by atoms with Crippen LogP contribution in [0.5, 0.6) is 0 Å². The van der Waals surface area contributed by atoms with E-state index in [2.05, 4.69) is 4.98 Å². The molecule has 2 rings (SSSR count). The second kappa shape index (κ2) is 7.90. The number of rotatable bonds is 7. The predicted octanol–water partition coefficient (Wildman–Crippen LogP) is 2.33. The van der Waals surface area contributed by atoms with Crippen molar-refractivity contribution in [3.05, 3.63) is 42.2 Å². The summed E-state index contributed by atoms with van der Waals surface area (Å²) >= 11 is 0. The molecule has 5 nitrogen and oxygen atoms in total. The van der Waals surface area contributed by atoms with Gasteiger partial charge in [-0.05, 0) is 30.9 Å². The van der Waals surface area contributed by atoms with Gasteiger partial charge < -0.3 is 14.9 Å². The molecule has 1 aliphatic heterocycles. The van der Waals surface area contributed by atoms with E-state index in [1.807, 2.05) is 24.3 Å². The van der Waals surface area contributed by atoms with Crippen LogP contribution in [0.4, 0.5) is 0 Å². The molecule has 1 fully saturated rings. The minimum absolute atomic E-state index is 0.0540. The molecule has 0 aromatic carbocycles. The first-order valence-electron chi connectivity index (χ1n) is 7.25. The Labute approximate surface area is 124 Å². The average molecular weight is 291 g/mol. The third-order valence-electron chi connectivity index (χ3n) is 3.70. The number of aromatic nitrogens is 1. The molecule has 2 heterocycles. The molecule has 1 aromatic rings. The Morgan fingerprint density at radius 1 is 1.43 bits per heavy atom. The molecule has 21 heavy (non-hydrogen) atoms. The lowest BCUT2D eigenvalue weighted by molar-refractivity contribution is -0.136. The number of nitrogens with zero attached hydrogens (tertiary/aromatic N) is 1. The summed E-state index contributed by atoms with van der Waals surface area (Å²) in [4.78, 5) is 14.5. The molecule has 0 radical (unpaired) electrons. The smallest absolute Gasteiger partial charge is 0.303 e. The number of aliphatic hydroxyl groups is 1. The molecule has 3 atom stereocenters. The Morgan fingerprint density at radius 3 is 2.95 bits per heavy atom. The third kappa shape index (κ3) is 4.65. The zero-order valence-electron chi connectivity index (χ0n) is 11.9. The Hall–Kier alpha value is -1.72. The summed E-state index contributed by atoms with van der Waals surface area (Å²) in [6.45, 7) is 0.354. The lowest BCUT2D eigenvalue weighted by Gasteiger charge is -2.19. The molecule has 0 aliphatic carbocycles. The number of ether oxygens (including phenoxy) is 1. The van der Waals surface area contributed by atoms with Crippen molar-refractivity contribution in [2.75, 3.05) is 6.61 Å². The molecule has 114 valence electrons. The maximum atomic E-state index is 10.4. The maximum absolute atomic E-state index is 10.4. The van der Waals surface area contributed by atoms with Gasteiger partial charge in [0.1, 0.15) is 0 Å². The molecule has 5 heteroatoms. The van der Waals surface area contributed by atoms with E-state index in [-0.39, 0.29) is 18.4 Å². The van der Waals surface area contributed by atoms with Crippen LogP contribution in [-0.2, 0) is 9.53 Å². The zero-order chi connectivity index (χ0) is 15.1. The lowest BCUT2D eigenvalue weighted by atomic mass is 9.90. The Bertz CT molecular complexity index is 474. The fraction of sp³-hybridized carbons (Fsp3) is 0.500. The third-order valence-corrected chi connectivity index (χ3v) is 3.70. The lowest BCUT2D eigenvalue weighted by Crippen LogP contribution is -2.19. The van der Waals surface area contributed by atoms with Gasteiger partial charge in [0.15, 0.2) is 0 Å². The van der Waals surface area contributed by atoms with Crippen molar-refractivity contribution in [3.8, 4) is 0 Å². The molecular weight excluding hydrogens is 270 g/mol. The van der Waals surface area contributed by atoms with Crippen LogP contribution in [0.15, 0.2) is 36.7 Å². The van der Waals surface area contributed by atoms with Crippen LogP contribution in [0.2, 0.25) is 0 Å². The standard InChI is InChI=1S/C16H21NO4/c18-14-11-21-16(12-6-5-9-17-10-12)13(14)7-3-1-2-4-8-15(19)20/h1-2,5-6,9-10,13-14,16,18H,3-4,7-8,11H2,(H,19,20)/b2-1-. The van der Waals surface area contributed by atoms with E-state index >= 15 is 0 Å². The number of aliphatic carboxylic acids is 1. The molecule has 1 aromatic heterocycles. The van der Waals surface area contributed by atoms with Gasteiger partial charge in [0.2, 0.25) is 0 Å². The first kappa shape index (κ1) is 15.7. The van der Waals surface area contributed by atoms with Gasteiger partial charge in [0.25, 0.3) is 0 Å². The van der Waals surface area contributed by atoms with Crippen molar-refractivity contribution in [3.63, 3.8) is 0 Å². The Kier molecular flexibility index (Phi) is 5.90. The van der Waals surface area contributed by atoms with Crippen LogP contribution in [0.25, 0.3) is 0 Å². The van der Waals surface area contributed by atoms with Gasteiger partial charge in [-0.2, -0.15) is 0 Å². The fourth-order valence-corrected chi connectivity index (χ4v) is 2.61. The highest BCUT2D eigenvalue weighted by Gasteiger charge is 2.36. The summed E-state index contributed by atoms with van der Waals surface area (Å²) in [6, 6.07) is 3.83. The van der Waals surface area contributed by atoms with E-state index < -0.39 is 12.1 Å². The molecule has 1 saturated heterocycles. The highest BCUT2D eigenvalue weighted by molar-refractivity contribution is 5.66. The highest BCUT2D eigenvalue weighted by Crippen LogP contribution is 2.37. The first-order valence-corrected chi connectivity index (χ1v) is 7.25. The number of allylic oxidation sites excluding steroid dienone is 2. The number of aliphatic hydroxyl groups excluding tert-OH is 1. The van der Waals surface area contributed by atoms with Crippen molar-refractivity contribution in [2.24, 2.45) is 5.92 Å². The van der Waals surface area contributed by atoms with Crippen LogP contribution >= 0.6 is 0 Å². The minimum atomic E-state index is -0.782. The highest BCUT2D eigenvalue weighted by atomic mass is 16.5. The van der Waals surface area contributed by atoms with Gasteiger partial charge in [-0.1, -0.05) is 18.2 Å². The van der Waals surface area contributed by atoms with Crippen LogP contribution in [0, 0.1) is 5.92 Å². The van der Waals surface area contributed by atoms with Gasteiger partial charge in [-0.25, -0.2) is 0 Å². The summed E-state index contributed by atoms with van der Waals surface area (Å²) < 4.78 is 5.68. The normalized spacial score (nSPS) is 25.5. The summed E-state index contributed by atoms with van der Waals surface area (Å²) in [5, 5.41) is 18.6. The number of carboxylic acids is 1.